The molecule has 0 aliphatic carbocycles. The van der Waals surface area contributed by atoms with Crippen molar-refractivity contribution in [3.63, 3.8) is 0 Å². The number of hydrogen-bond donors (Lipinski definition) is 1. The van der Waals surface area contributed by atoms with Gasteiger partial charge in [-0.15, -0.1) is 0 Å². The maximum absolute atomic E-state index is 5.92. The summed E-state index contributed by atoms with van der Waals surface area (Å²) in [7, 11) is 1.66. The van der Waals surface area contributed by atoms with Crippen molar-refractivity contribution in [2.75, 3.05) is 7.11 Å². The van der Waals surface area contributed by atoms with E-state index < -0.39 is 0 Å². The Balaban J connectivity index is 2.10. The van der Waals surface area contributed by atoms with Crippen LogP contribution in [0.1, 0.15) is 25.0 Å². The van der Waals surface area contributed by atoms with Gasteiger partial charge in [0.05, 0.1) is 13.3 Å². The van der Waals surface area contributed by atoms with Gasteiger partial charge < -0.3 is 15.2 Å². The zero-order chi connectivity index (χ0) is 15.2. The average molecular weight is 289 g/mol. The van der Waals surface area contributed by atoms with E-state index in [0.29, 0.717) is 6.61 Å². The first-order chi connectivity index (χ1) is 10.1. The van der Waals surface area contributed by atoms with Crippen LogP contribution >= 0.6 is 0 Å². The van der Waals surface area contributed by atoms with Gasteiger partial charge >= 0.3 is 0 Å². The second-order valence-electron chi connectivity index (χ2n) is 5.15. The van der Waals surface area contributed by atoms with Crippen LogP contribution in [0.4, 0.5) is 0 Å². The molecule has 2 aromatic rings. The maximum atomic E-state index is 5.92. The minimum absolute atomic E-state index is 0.0716. The molecule has 2 N–H and O–H groups in total. The lowest BCUT2D eigenvalue weighted by Gasteiger charge is -2.14. The average Bonchev–Trinajstić information content (AvgIpc) is 2.93. The van der Waals surface area contributed by atoms with Gasteiger partial charge in [0.15, 0.2) is 0 Å². The predicted octanol–water partition coefficient (Wildman–Crippen LogP) is 2.38. The first kappa shape index (κ1) is 15.4. The number of methoxy groups -OCH3 is 1. The van der Waals surface area contributed by atoms with Gasteiger partial charge in [0.2, 0.25) is 0 Å². The quantitative estimate of drug-likeness (QED) is 0.850. The lowest BCUT2D eigenvalue weighted by atomic mass is 10.1. The number of hydrogen-bond acceptors (Lipinski definition) is 4. The molecule has 2 rings (SSSR count). The van der Waals surface area contributed by atoms with Crippen molar-refractivity contribution in [2.45, 2.75) is 39.5 Å². The van der Waals surface area contributed by atoms with Crippen LogP contribution in [0.15, 0.2) is 30.6 Å². The van der Waals surface area contributed by atoms with Gasteiger partial charge in [-0.25, -0.2) is 0 Å². The molecular formula is C16H23N3O2. The van der Waals surface area contributed by atoms with Crippen molar-refractivity contribution < 1.29 is 9.47 Å². The number of nitrogens with zero attached hydrogens (tertiary/aromatic N) is 2. The van der Waals surface area contributed by atoms with E-state index in [-0.39, 0.29) is 6.04 Å². The molecule has 0 bridgehead atoms. The summed E-state index contributed by atoms with van der Waals surface area (Å²) in [5.41, 5.74) is 8.02. The Morgan fingerprint density at radius 2 is 2.19 bits per heavy atom. The predicted molar refractivity (Wildman–Crippen MR) is 82.6 cm³/mol. The fourth-order valence-corrected chi connectivity index (χ4v) is 2.14. The fraction of sp³-hybridized carbons (Fsp3) is 0.438. The third-order valence-corrected chi connectivity index (χ3v) is 3.21. The highest BCUT2D eigenvalue weighted by atomic mass is 16.5. The Morgan fingerprint density at radius 3 is 2.81 bits per heavy atom. The molecule has 21 heavy (non-hydrogen) atoms. The monoisotopic (exact) mass is 289 g/mol. The second kappa shape index (κ2) is 7.13. The molecule has 1 atom stereocenters. The van der Waals surface area contributed by atoms with Crippen LogP contribution in [0.25, 0.3) is 0 Å². The summed E-state index contributed by atoms with van der Waals surface area (Å²) < 4.78 is 13.1. The molecule has 0 aliphatic heterocycles. The van der Waals surface area contributed by atoms with Gasteiger partial charge in [0.1, 0.15) is 18.1 Å². The summed E-state index contributed by atoms with van der Waals surface area (Å²) in [5, 5.41) is 4.24. The topological polar surface area (TPSA) is 62.3 Å². The summed E-state index contributed by atoms with van der Waals surface area (Å²) in [6.45, 7) is 5.40. The van der Waals surface area contributed by atoms with E-state index >= 15 is 0 Å². The molecule has 0 amide bonds. The lowest BCUT2D eigenvalue weighted by molar-refractivity contribution is 0.301. The molecule has 1 heterocycles. The normalized spacial score (nSPS) is 12.2. The van der Waals surface area contributed by atoms with Crippen LogP contribution in [0.5, 0.6) is 11.5 Å². The van der Waals surface area contributed by atoms with E-state index in [1.54, 1.807) is 7.11 Å². The van der Waals surface area contributed by atoms with E-state index in [4.69, 9.17) is 15.2 Å². The van der Waals surface area contributed by atoms with Crippen molar-refractivity contribution in [3.05, 3.63) is 41.7 Å². The number of rotatable bonds is 7. The van der Waals surface area contributed by atoms with E-state index in [9.17, 15) is 0 Å². The van der Waals surface area contributed by atoms with Crippen molar-refractivity contribution in [2.24, 2.45) is 5.73 Å². The molecule has 114 valence electrons. The number of aryl methyl sites for hydroxylation is 1. The van der Waals surface area contributed by atoms with Gasteiger partial charge in [-0.05, 0) is 44.0 Å². The highest BCUT2D eigenvalue weighted by molar-refractivity contribution is 5.41. The molecule has 1 unspecified atom stereocenters. The Labute approximate surface area is 125 Å². The standard InChI is InChI=1S/C16H23N3O2/c1-4-19-10-13(9-18-19)11-21-16-6-5-15(20-3)8-14(16)7-12(2)17/h5-6,8-10,12H,4,7,11,17H2,1-3H3. The van der Waals surface area contributed by atoms with Crippen molar-refractivity contribution in [3.8, 4) is 11.5 Å². The van der Waals surface area contributed by atoms with Crippen LogP contribution in [0.2, 0.25) is 0 Å². The highest BCUT2D eigenvalue weighted by Gasteiger charge is 2.09. The van der Waals surface area contributed by atoms with Gasteiger partial charge in [0, 0.05) is 24.3 Å². The first-order valence-electron chi connectivity index (χ1n) is 7.19. The summed E-state index contributed by atoms with van der Waals surface area (Å²) in [6, 6.07) is 5.88. The van der Waals surface area contributed by atoms with Crippen LogP contribution < -0.4 is 15.2 Å². The van der Waals surface area contributed by atoms with Gasteiger partial charge in [0.25, 0.3) is 0 Å². The minimum atomic E-state index is 0.0716. The molecule has 0 fully saturated rings. The Bertz CT molecular complexity index is 579. The molecule has 0 spiro atoms. The lowest BCUT2D eigenvalue weighted by Crippen LogP contribution is -2.18. The highest BCUT2D eigenvalue weighted by Crippen LogP contribution is 2.26. The van der Waals surface area contributed by atoms with Gasteiger partial charge in [-0.3, -0.25) is 4.68 Å². The van der Waals surface area contributed by atoms with E-state index in [2.05, 4.69) is 12.0 Å². The fourth-order valence-electron chi connectivity index (χ4n) is 2.14. The van der Waals surface area contributed by atoms with Crippen molar-refractivity contribution in [1.29, 1.82) is 0 Å². The summed E-state index contributed by atoms with van der Waals surface area (Å²) in [4.78, 5) is 0. The van der Waals surface area contributed by atoms with E-state index in [1.807, 2.05) is 42.2 Å². The number of nitrogens with two attached hydrogens (primary N) is 1. The first-order valence-corrected chi connectivity index (χ1v) is 7.19. The van der Waals surface area contributed by atoms with Crippen molar-refractivity contribution in [1.82, 2.24) is 9.78 Å². The van der Waals surface area contributed by atoms with Crippen LogP contribution in [-0.4, -0.2) is 22.9 Å². The Morgan fingerprint density at radius 1 is 1.38 bits per heavy atom. The Hall–Kier alpha value is -2.01. The molecular weight excluding hydrogens is 266 g/mol. The van der Waals surface area contributed by atoms with Gasteiger partial charge in [-0.1, -0.05) is 0 Å². The number of ether oxygens (including phenoxy) is 2. The summed E-state index contributed by atoms with van der Waals surface area (Å²) in [5.74, 6) is 1.66. The van der Waals surface area contributed by atoms with Crippen molar-refractivity contribution >= 4 is 0 Å². The summed E-state index contributed by atoms with van der Waals surface area (Å²) >= 11 is 0. The summed E-state index contributed by atoms with van der Waals surface area (Å²) in [6.07, 6.45) is 4.58. The molecule has 0 saturated heterocycles. The largest absolute Gasteiger partial charge is 0.497 e. The molecule has 0 radical (unpaired) electrons. The smallest absolute Gasteiger partial charge is 0.123 e. The number of aromatic nitrogens is 2. The maximum Gasteiger partial charge on any atom is 0.123 e. The van der Waals surface area contributed by atoms with Crippen LogP contribution in [-0.2, 0) is 19.6 Å². The Kier molecular flexibility index (Phi) is 5.22. The molecule has 0 saturated carbocycles. The minimum Gasteiger partial charge on any atom is -0.497 e. The SMILES string of the molecule is CCn1cc(COc2ccc(OC)cc2CC(C)N)cn1. The molecule has 1 aromatic carbocycles. The zero-order valence-corrected chi connectivity index (χ0v) is 12.9. The van der Waals surface area contributed by atoms with Crippen LogP contribution in [0.3, 0.4) is 0 Å². The second-order valence-corrected chi connectivity index (χ2v) is 5.15. The third-order valence-electron chi connectivity index (χ3n) is 3.21. The molecule has 0 aliphatic rings. The number of benzene rings is 1. The molecule has 5 nitrogen and oxygen atoms in total. The third kappa shape index (κ3) is 4.23. The van der Waals surface area contributed by atoms with E-state index in [1.165, 1.54) is 0 Å². The van der Waals surface area contributed by atoms with Crippen LogP contribution in [0, 0.1) is 0 Å². The molecule has 1 aromatic heterocycles. The van der Waals surface area contributed by atoms with Gasteiger partial charge in [-0.2, -0.15) is 5.10 Å². The van der Waals surface area contributed by atoms with E-state index in [0.717, 1.165) is 35.6 Å². The molecule has 5 heteroatoms. The zero-order valence-electron chi connectivity index (χ0n) is 12.9.